The highest BCUT2D eigenvalue weighted by molar-refractivity contribution is 5.94. The average molecular weight is 346 g/mol. The van der Waals surface area contributed by atoms with Crippen molar-refractivity contribution in [1.29, 1.82) is 0 Å². The van der Waals surface area contributed by atoms with E-state index in [0.29, 0.717) is 12.1 Å². The van der Waals surface area contributed by atoms with E-state index in [-0.39, 0.29) is 11.9 Å². The smallest absolute Gasteiger partial charge is 0.251 e. The molecule has 5 nitrogen and oxygen atoms in total. The minimum Gasteiger partial charge on any atom is -0.366 e. The molecule has 0 bridgehead atoms. The number of fused-ring (bicyclic) bond motifs is 1. The number of hydrogen-bond acceptors (Lipinski definition) is 3. The molecule has 1 aliphatic heterocycles. The van der Waals surface area contributed by atoms with Crippen LogP contribution in [0.25, 0.3) is 11.1 Å². The fourth-order valence-electron chi connectivity index (χ4n) is 3.50. The first-order valence-electron chi connectivity index (χ1n) is 8.94. The predicted molar refractivity (Wildman–Crippen MR) is 103 cm³/mol. The zero-order valence-corrected chi connectivity index (χ0v) is 14.8. The van der Waals surface area contributed by atoms with Crippen molar-refractivity contribution in [2.45, 2.75) is 19.4 Å². The van der Waals surface area contributed by atoms with E-state index in [1.54, 1.807) is 6.20 Å². The van der Waals surface area contributed by atoms with Crippen molar-refractivity contribution < 1.29 is 4.79 Å². The summed E-state index contributed by atoms with van der Waals surface area (Å²) in [6, 6.07) is 16.4. The highest BCUT2D eigenvalue weighted by atomic mass is 16.1. The van der Waals surface area contributed by atoms with Crippen molar-refractivity contribution in [3.05, 3.63) is 72.1 Å². The van der Waals surface area contributed by atoms with Crippen molar-refractivity contribution in [1.82, 2.24) is 15.5 Å². The van der Waals surface area contributed by atoms with Crippen LogP contribution in [0.2, 0.25) is 0 Å². The summed E-state index contributed by atoms with van der Waals surface area (Å²) in [6.07, 6.45) is 4.68. The van der Waals surface area contributed by atoms with Gasteiger partial charge < -0.3 is 10.2 Å². The van der Waals surface area contributed by atoms with Crippen LogP contribution < -0.4 is 10.2 Å². The van der Waals surface area contributed by atoms with Crippen molar-refractivity contribution in [2.24, 2.45) is 0 Å². The lowest BCUT2D eigenvalue weighted by Crippen LogP contribution is -2.41. The molecule has 1 amide bonds. The maximum atomic E-state index is 12.5. The van der Waals surface area contributed by atoms with Crippen LogP contribution in [0.4, 0.5) is 5.69 Å². The van der Waals surface area contributed by atoms with Crippen LogP contribution in [0.3, 0.4) is 0 Å². The van der Waals surface area contributed by atoms with E-state index in [0.717, 1.165) is 24.1 Å². The number of amides is 1. The average Bonchev–Trinajstić information content (AvgIpc) is 3.36. The number of hydrogen-bond donors (Lipinski definition) is 2. The molecule has 2 N–H and O–H groups in total. The van der Waals surface area contributed by atoms with Crippen LogP contribution in [0, 0.1) is 0 Å². The third kappa shape index (κ3) is 3.20. The van der Waals surface area contributed by atoms with Crippen molar-refractivity contribution in [2.75, 3.05) is 18.0 Å². The molecule has 0 saturated heterocycles. The van der Waals surface area contributed by atoms with Gasteiger partial charge in [0.1, 0.15) is 0 Å². The number of aromatic amines is 1. The first-order chi connectivity index (χ1) is 12.7. The van der Waals surface area contributed by atoms with Gasteiger partial charge in [0.15, 0.2) is 0 Å². The summed E-state index contributed by atoms with van der Waals surface area (Å²) in [6.45, 7) is 3.79. The van der Waals surface area contributed by atoms with Crippen LogP contribution in [0.5, 0.6) is 0 Å². The molecule has 1 atom stereocenters. The summed E-state index contributed by atoms with van der Waals surface area (Å²) in [4.78, 5) is 14.8. The number of aromatic nitrogens is 2. The molecule has 0 saturated carbocycles. The fourth-order valence-corrected chi connectivity index (χ4v) is 3.50. The zero-order valence-electron chi connectivity index (χ0n) is 14.8. The standard InChI is InChI=1S/C21H22N4O/c1-15(25-11-10-17-4-2-3-5-20(17)25)12-22-21(26)18-8-6-16(7-9-18)19-13-23-24-14-19/h2-9,13-15H,10-12H2,1H3,(H,22,26)(H,23,24). The number of anilines is 1. The monoisotopic (exact) mass is 346 g/mol. The van der Waals surface area contributed by atoms with Crippen molar-refractivity contribution >= 4 is 11.6 Å². The Bertz CT molecular complexity index is 887. The molecular weight excluding hydrogens is 324 g/mol. The number of nitrogens with one attached hydrogen (secondary N) is 2. The molecule has 2 heterocycles. The topological polar surface area (TPSA) is 61.0 Å². The molecule has 0 radical (unpaired) electrons. The van der Waals surface area contributed by atoms with Gasteiger partial charge in [0.05, 0.1) is 6.20 Å². The molecule has 1 unspecified atom stereocenters. The molecule has 26 heavy (non-hydrogen) atoms. The number of H-pyrrole nitrogens is 1. The van der Waals surface area contributed by atoms with Crippen molar-refractivity contribution in [3.63, 3.8) is 0 Å². The van der Waals surface area contributed by atoms with Crippen LogP contribution in [0.1, 0.15) is 22.8 Å². The molecule has 132 valence electrons. The number of para-hydroxylation sites is 1. The predicted octanol–water partition coefficient (Wildman–Crippen LogP) is 3.26. The summed E-state index contributed by atoms with van der Waals surface area (Å²) in [5.41, 5.74) is 5.40. The summed E-state index contributed by atoms with van der Waals surface area (Å²) in [7, 11) is 0. The molecule has 0 aliphatic carbocycles. The number of nitrogens with zero attached hydrogens (tertiary/aromatic N) is 2. The van der Waals surface area contributed by atoms with Crippen LogP contribution in [0.15, 0.2) is 60.9 Å². The summed E-state index contributed by atoms with van der Waals surface area (Å²) in [5, 5.41) is 9.81. The molecular formula is C21H22N4O. The van der Waals surface area contributed by atoms with Gasteiger partial charge in [-0.15, -0.1) is 0 Å². The normalized spacial score (nSPS) is 14.1. The Morgan fingerprint density at radius 3 is 2.77 bits per heavy atom. The van der Waals surface area contributed by atoms with Gasteiger partial charge >= 0.3 is 0 Å². The van der Waals surface area contributed by atoms with Gasteiger partial charge in [-0.2, -0.15) is 5.10 Å². The van der Waals surface area contributed by atoms with E-state index in [2.05, 4.69) is 51.6 Å². The van der Waals surface area contributed by atoms with E-state index >= 15 is 0 Å². The third-order valence-electron chi connectivity index (χ3n) is 4.99. The molecule has 5 heteroatoms. The van der Waals surface area contributed by atoms with Crippen LogP contribution >= 0.6 is 0 Å². The van der Waals surface area contributed by atoms with E-state index in [1.807, 2.05) is 30.5 Å². The van der Waals surface area contributed by atoms with E-state index in [1.165, 1.54) is 11.3 Å². The Hall–Kier alpha value is -3.08. The van der Waals surface area contributed by atoms with Crippen LogP contribution in [-0.2, 0) is 6.42 Å². The highest BCUT2D eigenvalue weighted by Crippen LogP contribution is 2.28. The van der Waals surface area contributed by atoms with Gasteiger partial charge in [0.2, 0.25) is 0 Å². The number of benzene rings is 2. The van der Waals surface area contributed by atoms with E-state index < -0.39 is 0 Å². The summed E-state index contributed by atoms with van der Waals surface area (Å²) < 4.78 is 0. The lowest BCUT2D eigenvalue weighted by atomic mass is 10.1. The second-order valence-electron chi connectivity index (χ2n) is 6.70. The van der Waals surface area contributed by atoms with Gasteiger partial charge in [0.25, 0.3) is 5.91 Å². The Labute approximate surface area is 153 Å². The zero-order chi connectivity index (χ0) is 17.9. The SMILES string of the molecule is CC(CNC(=O)c1ccc(-c2cn[nH]c2)cc1)N1CCc2ccccc21. The molecule has 3 aromatic rings. The van der Waals surface area contributed by atoms with Gasteiger partial charge in [0, 0.05) is 42.1 Å². The lowest BCUT2D eigenvalue weighted by molar-refractivity contribution is 0.0951. The van der Waals surface area contributed by atoms with Crippen molar-refractivity contribution in [3.8, 4) is 11.1 Å². The minimum atomic E-state index is -0.0388. The van der Waals surface area contributed by atoms with Crippen LogP contribution in [-0.4, -0.2) is 35.2 Å². The van der Waals surface area contributed by atoms with Gasteiger partial charge in [-0.1, -0.05) is 30.3 Å². The number of carbonyl (C=O) groups is 1. The third-order valence-corrected chi connectivity index (χ3v) is 4.99. The minimum absolute atomic E-state index is 0.0388. The van der Waals surface area contributed by atoms with Gasteiger partial charge in [-0.05, 0) is 42.7 Å². The maximum absolute atomic E-state index is 12.5. The largest absolute Gasteiger partial charge is 0.366 e. The Kier molecular flexibility index (Phi) is 4.44. The quantitative estimate of drug-likeness (QED) is 0.745. The second-order valence-corrected chi connectivity index (χ2v) is 6.70. The van der Waals surface area contributed by atoms with E-state index in [4.69, 9.17) is 0 Å². The Morgan fingerprint density at radius 2 is 2.00 bits per heavy atom. The summed E-state index contributed by atoms with van der Waals surface area (Å²) in [5.74, 6) is -0.0388. The molecule has 4 rings (SSSR count). The lowest BCUT2D eigenvalue weighted by Gasteiger charge is -2.27. The fraction of sp³-hybridized carbons (Fsp3) is 0.238. The van der Waals surface area contributed by atoms with E-state index in [9.17, 15) is 4.79 Å². The molecule has 1 aromatic heterocycles. The first-order valence-corrected chi connectivity index (χ1v) is 8.94. The number of rotatable bonds is 5. The second kappa shape index (κ2) is 7.04. The molecule has 0 fully saturated rings. The summed E-state index contributed by atoms with van der Waals surface area (Å²) >= 11 is 0. The first kappa shape index (κ1) is 16.4. The number of carbonyl (C=O) groups excluding carboxylic acids is 1. The molecule has 0 spiro atoms. The maximum Gasteiger partial charge on any atom is 0.251 e. The molecule has 2 aromatic carbocycles. The van der Waals surface area contributed by atoms with Gasteiger partial charge in [-0.25, -0.2) is 0 Å². The Morgan fingerprint density at radius 1 is 1.19 bits per heavy atom. The highest BCUT2D eigenvalue weighted by Gasteiger charge is 2.23. The van der Waals surface area contributed by atoms with Gasteiger partial charge in [-0.3, -0.25) is 9.89 Å². The molecule has 1 aliphatic rings. The Balaban J connectivity index is 1.37.